The van der Waals surface area contributed by atoms with E-state index in [9.17, 15) is 26.0 Å². The van der Waals surface area contributed by atoms with Crippen molar-refractivity contribution in [2.24, 2.45) is 0 Å². The van der Waals surface area contributed by atoms with Crippen LogP contribution < -0.4 is 0 Å². The molecule has 0 atom stereocenters. The molecule has 3 nitrogen and oxygen atoms in total. The second-order valence-electron chi connectivity index (χ2n) is 3.13. The van der Waals surface area contributed by atoms with Crippen LogP contribution in [-0.2, 0) is 9.84 Å². The summed E-state index contributed by atoms with van der Waals surface area (Å²) in [5.41, 5.74) is 0. The van der Waals surface area contributed by atoms with Gasteiger partial charge in [-0.3, -0.25) is 0 Å². The number of nitrogens with zero attached hydrogens (tertiary/aromatic N) is 1. The maximum atomic E-state index is 13.0. The number of hydrogen-bond acceptors (Lipinski definition) is 4. The highest BCUT2D eigenvalue weighted by atomic mass is 32.2. The van der Waals surface area contributed by atoms with E-state index in [2.05, 4.69) is 4.98 Å². The van der Waals surface area contributed by atoms with E-state index >= 15 is 0 Å². The molecule has 0 aromatic carbocycles. The number of thioether (sulfide) groups is 1. The summed E-state index contributed by atoms with van der Waals surface area (Å²) in [6.07, 6.45) is 0.938. The molecule has 0 saturated heterocycles. The molecule has 9 heteroatoms. The number of halogens is 4. The molecule has 0 radical (unpaired) electrons. The molecule has 96 valence electrons. The third-order valence-electron chi connectivity index (χ3n) is 1.66. The fourth-order valence-corrected chi connectivity index (χ4v) is 3.06. The lowest BCUT2D eigenvalue weighted by Crippen LogP contribution is -2.07. The normalized spacial score (nSPS) is 11.8. The fourth-order valence-electron chi connectivity index (χ4n) is 0.890. The van der Waals surface area contributed by atoms with Crippen LogP contribution in [0.2, 0.25) is 0 Å². The van der Waals surface area contributed by atoms with E-state index in [1.165, 1.54) is 0 Å². The van der Waals surface area contributed by atoms with E-state index in [1.807, 2.05) is 0 Å². The summed E-state index contributed by atoms with van der Waals surface area (Å²) < 4.78 is 72.9. The standard InChI is InChI=1S/C8H7F4NO2S2/c1-17(14,15)3-2-16-6-4(9)7(11)13-8(12)5(6)10/h2-3H2,1H3. The van der Waals surface area contributed by atoms with Gasteiger partial charge in [-0.1, -0.05) is 0 Å². The van der Waals surface area contributed by atoms with Gasteiger partial charge in [0.25, 0.3) is 11.9 Å². The average molecular weight is 289 g/mol. The lowest BCUT2D eigenvalue weighted by molar-refractivity contribution is 0.383. The summed E-state index contributed by atoms with van der Waals surface area (Å²) in [5, 5.41) is 0. The Bertz CT molecular complexity index is 507. The first-order valence-corrected chi connectivity index (χ1v) is 7.27. The molecule has 17 heavy (non-hydrogen) atoms. The van der Waals surface area contributed by atoms with Gasteiger partial charge in [0.05, 0.1) is 10.6 Å². The zero-order valence-corrected chi connectivity index (χ0v) is 10.1. The summed E-state index contributed by atoms with van der Waals surface area (Å²) in [7, 11) is -3.31. The molecule has 1 heterocycles. The molecule has 0 aliphatic carbocycles. The Balaban J connectivity index is 2.91. The lowest BCUT2D eigenvalue weighted by Gasteiger charge is -2.05. The highest BCUT2D eigenvalue weighted by Crippen LogP contribution is 2.27. The summed E-state index contributed by atoms with van der Waals surface area (Å²) in [6.45, 7) is 0. The van der Waals surface area contributed by atoms with Crippen molar-refractivity contribution in [3.63, 3.8) is 0 Å². The maximum Gasteiger partial charge on any atom is 0.252 e. The van der Waals surface area contributed by atoms with Gasteiger partial charge < -0.3 is 0 Å². The van der Waals surface area contributed by atoms with Gasteiger partial charge >= 0.3 is 0 Å². The summed E-state index contributed by atoms with van der Waals surface area (Å²) in [6, 6.07) is 0. The van der Waals surface area contributed by atoms with Crippen LogP contribution in [0.25, 0.3) is 0 Å². The van der Waals surface area contributed by atoms with Crippen LogP contribution in [0.3, 0.4) is 0 Å². The minimum absolute atomic E-state index is 0.213. The molecule has 0 fully saturated rings. The molecule has 1 aromatic heterocycles. The Labute approximate surface area is 99.2 Å². The van der Waals surface area contributed by atoms with Crippen molar-refractivity contribution in [2.45, 2.75) is 4.90 Å². The first-order chi connectivity index (χ1) is 7.72. The van der Waals surface area contributed by atoms with Crippen LogP contribution in [0, 0.1) is 23.5 Å². The third kappa shape index (κ3) is 3.84. The van der Waals surface area contributed by atoms with E-state index in [4.69, 9.17) is 0 Å². The van der Waals surface area contributed by atoms with E-state index in [-0.39, 0.29) is 11.5 Å². The van der Waals surface area contributed by atoms with E-state index in [0.29, 0.717) is 11.8 Å². The van der Waals surface area contributed by atoms with Gasteiger partial charge in [0.15, 0.2) is 11.6 Å². The van der Waals surface area contributed by atoms with Gasteiger partial charge in [-0.2, -0.15) is 13.8 Å². The predicted molar refractivity (Wildman–Crippen MR) is 54.5 cm³/mol. The summed E-state index contributed by atoms with van der Waals surface area (Å²) in [5.74, 6) is -7.33. The number of pyridine rings is 1. The van der Waals surface area contributed by atoms with E-state index in [1.54, 1.807) is 0 Å². The van der Waals surface area contributed by atoms with Crippen LogP contribution in [0.1, 0.15) is 0 Å². The highest BCUT2D eigenvalue weighted by Gasteiger charge is 2.21. The van der Waals surface area contributed by atoms with Crippen LogP contribution in [0.4, 0.5) is 17.6 Å². The molecule has 0 spiro atoms. The topological polar surface area (TPSA) is 47.0 Å². The van der Waals surface area contributed by atoms with Crippen LogP contribution in [0.5, 0.6) is 0 Å². The molecule has 0 N–H and O–H groups in total. The minimum Gasteiger partial charge on any atom is -0.229 e. The Hall–Kier alpha value is -0.830. The van der Waals surface area contributed by atoms with Crippen LogP contribution >= 0.6 is 11.8 Å². The molecule has 0 aliphatic heterocycles. The molecular weight excluding hydrogens is 282 g/mol. The molecule has 0 amide bonds. The quantitative estimate of drug-likeness (QED) is 0.481. The van der Waals surface area contributed by atoms with Crippen molar-refractivity contribution in [1.82, 2.24) is 4.98 Å². The van der Waals surface area contributed by atoms with Crippen molar-refractivity contribution < 1.29 is 26.0 Å². The number of sulfone groups is 1. The van der Waals surface area contributed by atoms with Crippen molar-refractivity contribution in [3.05, 3.63) is 23.5 Å². The minimum atomic E-state index is -3.31. The third-order valence-corrected chi connectivity index (χ3v) is 3.92. The number of hydrogen-bond donors (Lipinski definition) is 0. The fraction of sp³-hybridized carbons (Fsp3) is 0.375. The van der Waals surface area contributed by atoms with Gasteiger partial charge in [-0.05, 0) is 0 Å². The van der Waals surface area contributed by atoms with Crippen molar-refractivity contribution in [3.8, 4) is 0 Å². The summed E-state index contributed by atoms with van der Waals surface area (Å²) in [4.78, 5) is 1.47. The second-order valence-corrected chi connectivity index (χ2v) is 6.49. The molecule has 0 bridgehead atoms. The zero-order chi connectivity index (χ0) is 13.2. The van der Waals surface area contributed by atoms with Crippen LogP contribution in [-0.4, -0.2) is 31.2 Å². The average Bonchev–Trinajstić information content (AvgIpc) is 2.19. The van der Waals surface area contributed by atoms with Gasteiger partial charge in [0.2, 0.25) is 0 Å². The Kier molecular flexibility index (Phi) is 4.36. The Morgan fingerprint density at radius 1 is 1.12 bits per heavy atom. The number of aromatic nitrogens is 1. The predicted octanol–water partition coefficient (Wildman–Crippen LogP) is 1.77. The van der Waals surface area contributed by atoms with Crippen molar-refractivity contribution >= 4 is 21.6 Å². The first kappa shape index (κ1) is 14.2. The molecule has 1 aromatic rings. The lowest BCUT2D eigenvalue weighted by atomic mass is 10.4. The van der Waals surface area contributed by atoms with E-state index in [0.717, 1.165) is 6.26 Å². The van der Waals surface area contributed by atoms with Crippen LogP contribution in [0.15, 0.2) is 4.90 Å². The van der Waals surface area contributed by atoms with Crippen molar-refractivity contribution in [2.75, 3.05) is 17.8 Å². The second kappa shape index (κ2) is 5.21. The monoisotopic (exact) mass is 289 g/mol. The summed E-state index contributed by atoms with van der Waals surface area (Å²) >= 11 is 0.380. The molecule has 0 aliphatic rings. The van der Waals surface area contributed by atoms with Gasteiger partial charge in [0, 0.05) is 12.0 Å². The van der Waals surface area contributed by atoms with Gasteiger partial charge in [-0.25, -0.2) is 17.2 Å². The molecule has 0 unspecified atom stereocenters. The van der Waals surface area contributed by atoms with Gasteiger partial charge in [0.1, 0.15) is 9.84 Å². The Morgan fingerprint density at radius 2 is 1.59 bits per heavy atom. The molecule has 0 saturated carbocycles. The molecule has 1 rings (SSSR count). The largest absolute Gasteiger partial charge is 0.252 e. The SMILES string of the molecule is CS(=O)(=O)CCSc1c(F)c(F)nc(F)c1F. The smallest absolute Gasteiger partial charge is 0.229 e. The molecular formula is C8H7F4NO2S2. The number of rotatable bonds is 4. The first-order valence-electron chi connectivity index (χ1n) is 4.23. The highest BCUT2D eigenvalue weighted by molar-refractivity contribution is 8.00. The van der Waals surface area contributed by atoms with Crippen molar-refractivity contribution in [1.29, 1.82) is 0 Å². The van der Waals surface area contributed by atoms with E-state index < -0.39 is 38.3 Å². The maximum absolute atomic E-state index is 13.0. The Morgan fingerprint density at radius 3 is 2.00 bits per heavy atom. The van der Waals surface area contributed by atoms with Gasteiger partial charge in [-0.15, -0.1) is 11.8 Å². The zero-order valence-electron chi connectivity index (χ0n) is 8.51.